The van der Waals surface area contributed by atoms with E-state index in [1.807, 2.05) is 26.8 Å². The van der Waals surface area contributed by atoms with Gasteiger partial charge in [0.05, 0.1) is 23.1 Å². The summed E-state index contributed by atoms with van der Waals surface area (Å²) in [5.74, 6) is -0.294. The van der Waals surface area contributed by atoms with Crippen LogP contribution in [-0.2, 0) is 4.79 Å². The van der Waals surface area contributed by atoms with Crippen LogP contribution in [0.3, 0.4) is 0 Å². The van der Waals surface area contributed by atoms with Crippen molar-refractivity contribution >= 4 is 23.4 Å². The minimum atomic E-state index is -0.610. The number of rotatable bonds is 9. The zero-order valence-electron chi connectivity index (χ0n) is 20.4. The first-order valence-electron chi connectivity index (χ1n) is 11.3. The van der Waals surface area contributed by atoms with Gasteiger partial charge in [0.1, 0.15) is 23.2 Å². The highest BCUT2D eigenvalue weighted by Gasteiger charge is 2.28. The number of nitriles is 1. The van der Waals surface area contributed by atoms with Crippen molar-refractivity contribution in [2.45, 2.75) is 39.7 Å². The fourth-order valence-corrected chi connectivity index (χ4v) is 3.46. The quantitative estimate of drug-likeness (QED) is 0.288. The van der Waals surface area contributed by atoms with Crippen LogP contribution in [0.25, 0.3) is 5.57 Å². The Morgan fingerprint density at radius 2 is 2.03 bits per heavy atom. The topological polar surface area (TPSA) is 139 Å². The molecule has 2 aromatic rings. The van der Waals surface area contributed by atoms with Crippen LogP contribution in [0.1, 0.15) is 54.5 Å². The maximum atomic E-state index is 15.1. The highest BCUT2D eigenvalue weighted by Crippen LogP contribution is 2.34. The largest absolute Gasteiger partial charge is 0.489 e. The molecule has 35 heavy (non-hydrogen) atoms. The molecule has 1 aliphatic rings. The molecule has 0 atom stereocenters. The molecule has 0 saturated heterocycles. The molecule has 1 aliphatic carbocycles. The number of aliphatic imine (C=N–C) groups is 1. The number of benzene rings is 2. The summed E-state index contributed by atoms with van der Waals surface area (Å²) < 4.78 is 20.9. The molecule has 5 N–H and O–H groups in total. The normalized spacial score (nSPS) is 13.9. The third-order valence-electron chi connectivity index (χ3n) is 5.23. The van der Waals surface area contributed by atoms with E-state index in [2.05, 4.69) is 21.6 Å². The van der Waals surface area contributed by atoms with Gasteiger partial charge in [0.25, 0.3) is 0 Å². The summed E-state index contributed by atoms with van der Waals surface area (Å²) in [6.07, 6.45) is 3.60. The maximum Gasteiger partial charge on any atom is 0.227 e. The van der Waals surface area contributed by atoms with Gasteiger partial charge in [0.15, 0.2) is 0 Å². The van der Waals surface area contributed by atoms with Gasteiger partial charge < -0.3 is 16.2 Å². The van der Waals surface area contributed by atoms with Crippen molar-refractivity contribution in [3.63, 3.8) is 0 Å². The molecule has 3 rings (SSSR count). The number of hydrogen-bond acceptors (Lipinski definition) is 7. The molecule has 9 heteroatoms. The van der Waals surface area contributed by atoms with E-state index in [0.717, 1.165) is 18.4 Å². The predicted octanol–water partition coefficient (Wildman–Crippen LogP) is 3.40. The Balaban J connectivity index is 0.00000210. The number of carbonyl (C=O) groups is 1. The van der Waals surface area contributed by atoms with Crippen LogP contribution in [0.2, 0.25) is 0 Å². The van der Waals surface area contributed by atoms with Crippen molar-refractivity contribution in [3.8, 4) is 11.8 Å². The standard InChI is InChI=1S/C24H25FN6O2.C2H6/c1-14-3-4-15(9-17(14)21(12-28)31-30-13-32)18(10-26)24(29-2)23-19(11-27)22(8-7-20(23)25)33-16-5-6-16;1-2/h3-4,7-10,13,16H,5-6,12,26,28H2,1-2H3,(H,30,32);1-2H3/b18-10-,29-24?,31-21-;. The number of hydrogen-bond donors (Lipinski definition) is 3. The van der Waals surface area contributed by atoms with Crippen LogP contribution in [0.15, 0.2) is 46.6 Å². The minimum Gasteiger partial charge on any atom is -0.489 e. The van der Waals surface area contributed by atoms with Crippen LogP contribution in [0.4, 0.5) is 4.39 Å². The van der Waals surface area contributed by atoms with E-state index in [0.29, 0.717) is 34.6 Å². The monoisotopic (exact) mass is 478 g/mol. The van der Waals surface area contributed by atoms with Gasteiger partial charge in [0.2, 0.25) is 6.41 Å². The van der Waals surface area contributed by atoms with Crippen molar-refractivity contribution in [1.82, 2.24) is 5.43 Å². The summed E-state index contributed by atoms with van der Waals surface area (Å²) in [7, 11) is 1.50. The van der Waals surface area contributed by atoms with Gasteiger partial charge >= 0.3 is 0 Å². The molecule has 0 unspecified atom stereocenters. The number of nitrogens with one attached hydrogen (secondary N) is 1. The number of nitrogens with two attached hydrogens (primary N) is 2. The van der Waals surface area contributed by atoms with Crippen LogP contribution in [-0.4, -0.2) is 37.5 Å². The number of halogens is 1. The van der Waals surface area contributed by atoms with Crippen LogP contribution < -0.4 is 21.6 Å². The lowest BCUT2D eigenvalue weighted by Crippen LogP contribution is -2.20. The number of aryl methyl sites for hydroxylation is 1. The number of amides is 1. The van der Waals surface area contributed by atoms with Crippen molar-refractivity contribution in [2.24, 2.45) is 21.6 Å². The summed E-state index contributed by atoms with van der Waals surface area (Å²) in [6.45, 7) is 5.95. The molecule has 0 aliphatic heterocycles. The average Bonchev–Trinajstić information content (AvgIpc) is 3.70. The Labute approximate surface area is 205 Å². The third kappa shape index (κ3) is 6.31. The van der Waals surface area contributed by atoms with Gasteiger partial charge in [-0.05, 0) is 49.1 Å². The van der Waals surface area contributed by atoms with Gasteiger partial charge in [0, 0.05) is 30.9 Å². The molecule has 1 fully saturated rings. The third-order valence-corrected chi connectivity index (χ3v) is 5.23. The lowest BCUT2D eigenvalue weighted by Gasteiger charge is -2.17. The van der Waals surface area contributed by atoms with E-state index in [-0.39, 0.29) is 29.5 Å². The van der Waals surface area contributed by atoms with Crippen LogP contribution >= 0.6 is 0 Å². The first-order chi connectivity index (χ1) is 17.0. The summed E-state index contributed by atoms with van der Waals surface area (Å²) in [5, 5.41) is 13.8. The van der Waals surface area contributed by atoms with Crippen LogP contribution in [0.5, 0.6) is 5.75 Å². The second kappa shape index (κ2) is 13.0. The summed E-state index contributed by atoms with van der Waals surface area (Å²) in [4.78, 5) is 15.0. The Morgan fingerprint density at radius 3 is 2.57 bits per heavy atom. The summed E-state index contributed by atoms with van der Waals surface area (Å²) >= 11 is 0. The molecule has 0 radical (unpaired) electrons. The molecule has 0 bridgehead atoms. The second-order valence-corrected chi connectivity index (χ2v) is 7.42. The first kappa shape index (κ1) is 27.2. The number of carbonyl (C=O) groups excluding carboxylic acids is 1. The molecule has 1 saturated carbocycles. The number of ether oxygens (including phenoxy) is 1. The minimum absolute atomic E-state index is 0.0207. The van der Waals surface area contributed by atoms with Crippen molar-refractivity contribution < 1.29 is 13.9 Å². The zero-order valence-corrected chi connectivity index (χ0v) is 20.4. The van der Waals surface area contributed by atoms with E-state index >= 15 is 4.39 Å². The van der Waals surface area contributed by atoms with E-state index < -0.39 is 5.82 Å². The Kier molecular flexibility index (Phi) is 10.1. The van der Waals surface area contributed by atoms with Crippen molar-refractivity contribution in [1.29, 1.82) is 5.26 Å². The molecular weight excluding hydrogens is 447 g/mol. The summed E-state index contributed by atoms with van der Waals surface area (Å²) in [5.41, 5.74) is 17.4. The Bertz CT molecular complexity index is 1190. The molecule has 0 spiro atoms. The van der Waals surface area contributed by atoms with E-state index in [9.17, 15) is 10.1 Å². The Hall–Kier alpha value is -4.03. The highest BCUT2D eigenvalue weighted by molar-refractivity contribution is 6.32. The lowest BCUT2D eigenvalue weighted by atomic mass is 9.90. The van der Waals surface area contributed by atoms with Crippen LogP contribution in [0, 0.1) is 24.1 Å². The smallest absolute Gasteiger partial charge is 0.227 e. The average molecular weight is 479 g/mol. The van der Waals surface area contributed by atoms with Gasteiger partial charge in [-0.3, -0.25) is 9.79 Å². The predicted molar refractivity (Wildman–Crippen MR) is 137 cm³/mol. The molecular formula is C26H31FN6O2. The summed E-state index contributed by atoms with van der Waals surface area (Å²) in [6, 6.07) is 10.2. The van der Waals surface area contributed by atoms with Crippen molar-refractivity contribution in [3.05, 3.63) is 70.2 Å². The lowest BCUT2D eigenvalue weighted by molar-refractivity contribution is -0.109. The first-order valence-corrected chi connectivity index (χ1v) is 11.3. The Morgan fingerprint density at radius 1 is 1.31 bits per heavy atom. The number of hydrazone groups is 1. The molecule has 0 heterocycles. The molecule has 184 valence electrons. The second-order valence-electron chi connectivity index (χ2n) is 7.42. The fourth-order valence-electron chi connectivity index (χ4n) is 3.46. The van der Waals surface area contributed by atoms with E-state index in [4.69, 9.17) is 16.2 Å². The molecule has 1 amide bonds. The SMILES string of the molecule is CC.CN=C(/C(=C\N)c1ccc(C)c(/C(CN)=N\NC=O)c1)c1c(F)ccc(OC2CC2)c1C#N. The molecule has 8 nitrogen and oxygen atoms in total. The number of nitrogens with zero attached hydrogens (tertiary/aromatic N) is 3. The molecule has 2 aromatic carbocycles. The van der Waals surface area contributed by atoms with E-state index in [1.165, 1.54) is 25.4 Å². The van der Waals surface area contributed by atoms with Gasteiger partial charge in [-0.2, -0.15) is 10.4 Å². The van der Waals surface area contributed by atoms with Gasteiger partial charge in [-0.1, -0.05) is 26.0 Å². The fraction of sp³-hybridized carbons (Fsp3) is 0.308. The van der Waals surface area contributed by atoms with Gasteiger partial charge in [-0.25, -0.2) is 9.82 Å². The van der Waals surface area contributed by atoms with Gasteiger partial charge in [-0.15, -0.1) is 0 Å². The zero-order chi connectivity index (χ0) is 26.0. The molecule has 0 aromatic heterocycles. The van der Waals surface area contributed by atoms with E-state index in [1.54, 1.807) is 12.1 Å². The van der Waals surface area contributed by atoms with Crippen molar-refractivity contribution in [2.75, 3.05) is 13.6 Å². The maximum absolute atomic E-state index is 15.1. The highest BCUT2D eigenvalue weighted by atomic mass is 19.1. The number of allylic oxidation sites excluding steroid dienone is 1.